The second-order valence-corrected chi connectivity index (χ2v) is 30.3. The third-order valence-electron chi connectivity index (χ3n) is 21.0. The zero-order valence-electron chi connectivity index (χ0n) is 57.1. The molecular weight excluding hydrogens is 1150 g/mol. The predicted octanol–water partition coefficient (Wildman–Crippen LogP) is 25.8. The van der Waals surface area contributed by atoms with Gasteiger partial charge in [-0.25, -0.2) is 0 Å². The zero-order chi connectivity index (χ0) is 65.8. The SMILES string of the molecule is CC(C)(C)c1ccc(N(c2cccc(-c3ccccc3)c2)c2ccc3c(c2)C(C)(C)c2cc(/C=C/c4ccc5c(c4)C(C)(C)c4cc(/C=C/c6ccc7c(c6)C(C)(C)c6cc(N(c8ccc(C(C)(C)C)cc8)c8cccc(-c9ccccc9)c8)ccc6-7)ccc4-5)ccc2-3)cc1. The number of hydrogen-bond acceptors (Lipinski definition) is 2. The Morgan fingerprint density at radius 2 is 0.484 bits per heavy atom. The molecule has 0 saturated heterocycles. The van der Waals surface area contributed by atoms with Gasteiger partial charge in [-0.3, -0.25) is 0 Å². The van der Waals surface area contributed by atoms with Crippen LogP contribution in [0.2, 0.25) is 0 Å². The van der Waals surface area contributed by atoms with Crippen molar-refractivity contribution in [3.8, 4) is 55.6 Å². The first-order chi connectivity index (χ1) is 45.6. The molecule has 3 aliphatic carbocycles. The Balaban J connectivity index is 0.665. The average molecular weight is 1230 g/mol. The maximum atomic E-state index is 2.44. The molecular formula is C93H84N2. The Kier molecular flexibility index (Phi) is 14.8. The van der Waals surface area contributed by atoms with Crippen molar-refractivity contribution in [2.45, 2.75) is 110 Å². The molecule has 466 valence electrons. The van der Waals surface area contributed by atoms with Crippen molar-refractivity contribution in [3.05, 3.63) is 334 Å². The van der Waals surface area contributed by atoms with Crippen LogP contribution in [0.4, 0.5) is 34.1 Å². The van der Waals surface area contributed by atoms with Crippen molar-refractivity contribution in [2.24, 2.45) is 0 Å². The monoisotopic (exact) mass is 1230 g/mol. The largest absolute Gasteiger partial charge is 0.310 e. The lowest BCUT2D eigenvalue weighted by molar-refractivity contribution is 0.590. The summed E-state index contributed by atoms with van der Waals surface area (Å²) >= 11 is 0. The normalized spacial score (nSPS) is 14.5. The number of benzene rings is 12. The third-order valence-corrected chi connectivity index (χ3v) is 21.0. The molecule has 12 aromatic carbocycles. The summed E-state index contributed by atoms with van der Waals surface area (Å²) in [6, 6.07) is 100. The van der Waals surface area contributed by atoms with Crippen molar-refractivity contribution in [3.63, 3.8) is 0 Å². The van der Waals surface area contributed by atoms with E-state index in [4.69, 9.17) is 0 Å². The first-order valence-electron chi connectivity index (χ1n) is 33.9. The number of hydrogen-bond donors (Lipinski definition) is 0. The fourth-order valence-electron chi connectivity index (χ4n) is 15.4. The molecule has 0 spiro atoms. The summed E-state index contributed by atoms with van der Waals surface area (Å²) in [5, 5.41) is 0. The molecule has 0 radical (unpaired) electrons. The lowest BCUT2D eigenvalue weighted by Gasteiger charge is -2.29. The van der Waals surface area contributed by atoms with Crippen LogP contribution in [-0.4, -0.2) is 0 Å². The topological polar surface area (TPSA) is 6.48 Å². The smallest absolute Gasteiger partial charge is 0.0467 e. The summed E-state index contributed by atoms with van der Waals surface area (Å²) in [6.07, 6.45) is 9.21. The van der Waals surface area contributed by atoms with E-state index in [1.165, 1.54) is 122 Å². The van der Waals surface area contributed by atoms with E-state index >= 15 is 0 Å². The van der Waals surface area contributed by atoms with Crippen LogP contribution < -0.4 is 9.80 Å². The Morgan fingerprint density at radius 3 is 0.779 bits per heavy atom. The van der Waals surface area contributed by atoms with Crippen molar-refractivity contribution in [1.29, 1.82) is 0 Å². The molecule has 0 fully saturated rings. The summed E-state index contributed by atoms with van der Waals surface area (Å²) < 4.78 is 0. The number of rotatable bonds is 12. The molecule has 15 rings (SSSR count). The van der Waals surface area contributed by atoms with E-state index in [1.54, 1.807) is 0 Å². The van der Waals surface area contributed by atoms with Crippen molar-refractivity contribution in [2.75, 3.05) is 9.80 Å². The minimum Gasteiger partial charge on any atom is -0.310 e. The molecule has 0 amide bonds. The quantitative estimate of drug-likeness (QED) is 0.113. The molecule has 0 aliphatic heterocycles. The van der Waals surface area contributed by atoms with Gasteiger partial charge in [0.05, 0.1) is 0 Å². The van der Waals surface area contributed by atoms with Crippen molar-refractivity contribution < 1.29 is 0 Å². The van der Waals surface area contributed by atoms with Crippen molar-refractivity contribution in [1.82, 2.24) is 0 Å². The van der Waals surface area contributed by atoms with Gasteiger partial charge in [0.25, 0.3) is 0 Å². The van der Waals surface area contributed by atoms with E-state index in [0.717, 1.165) is 34.1 Å². The standard InChI is InChI=1S/C93H84N2/c1-89(2,3)69-37-41-71(42-38-69)94(73-27-19-25-67(57-73)65-21-15-13-16-22-65)75-45-51-81-79-49-35-63(55-85(79)92(9,10)87(81)59-75)31-29-61-33-47-77-78-48-34-62(54-84(78)91(7,8)83(77)53-61)30-32-64-36-50-80-82-52-46-76(60-88(82)93(11,12)86(80)56-64)95(72-43-39-70(40-44-72)90(4,5)6)74-28-20-26-68(58-74)66-23-17-14-18-24-66/h13-60H,1-12H3/b31-29+,32-30+. The summed E-state index contributed by atoms with van der Waals surface area (Å²) in [5.41, 5.74) is 34.7. The Hall–Kier alpha value is -10.3. The predicted molar refractivity (Wildman–Crippen MR) is 408 cm³/mol. The van der Waals surface area contributed by atoms with Crippen LogP contribution in [0.3, 0.4) is 0 Å². The highest BCUT2D eigenvalue weighted by Gasteiger charge is 2.39. The maximum absolute atomic E-state index is 2.44. The molecule has 0 aromatic heterocycles. The molecule has 0 bridgehead atoms. The summed E-state index contributed by atoms with van der Waals surface area (Å²) in [7, 11) is 0. The van der Waals surface area contributed by atoms with Crippen LogP contribution in [0.25, 0.3) is 79.9 Å². The minimum atomic E-state index is -0.215. The Bertz CT molecular complexity index is 4700. The van der Waals surface area contributed by atoms with E-state index in [0.29, 0.717) is 0 Å². The van der Waals surface area contributed by atoms with Crippen LogP contribution in [0.1, 0.15) is 150 Å². The van der Waals surface area contributed by atoms with Gasteiger partial charge in [-0.2, -0.15) is 0 Å². The van der Waals surface area contributed by atoms with E-state index in [9.17, 15) is 0 Å². The highest BCUT2D eigenvalue weighted by atomic mass is 15.1. The Labute approximate surface area is 564 Å². The fourth-order valence-corrected chi connectivity index (χ4v) is 15.4. The van der Waals surface area contributed by atoms with Gasteiger partial charge in [0, 0.05) is 50.4 Å². The average Bonchev–Trinajstić information content (AvgIpc) is 1.60. The molecule has 2 heteroatoms. The lowest BCUT2D eigenvalue weighted by Crippen LogP contribution is -2.17. The van der Waals surface area contributed by atoms with Crippen LogP contribution in [0, 0.1) is 0 Å². The van der Waals surface area contributed by atoms with E-state index in [-0.39, 0.29) is 27.1 Å². The Morgan fingerprint density at radius 1 is 0.232 bits per heavy atom. The van der Waals surface area contributed by atoms with Gasteiger partial charge in [0.2, 0.25) is 0 Å². The number of fused-ring (bicyclic) bond motifs is 9. The molecule has 12 aromatic rings. The van der Waals surface area contributed by atoms with E-state index in [1.807, 2.05) is 0 Å². The second kappa shape index (κ2) is 23.0. The molecule has 95 heavy (non-hydrogen) atoms. The second-order valence-electron chi connectivity index (χ2n) is 30.3. The van der Waals surface area contributed by atoms with Gasteiger partial charge in [0.1, 0.15) is 0 Å². The fraction of sp³-hybridized carbons (Fsp3) is 0.183. The van der Waals surface area contributed by atoms with Crippen LogP contribution in [-0.2, 0) is 27.1 Å². The maximum Gasteiger partial charge on any atom is 0.0467 e. The van der Waals surface area contributed by atoms with Gasteiger partial charge in [-0.1, -0.05) is 302 Å². The zero-order valence-corrected chi connectivity index (χ0v) is 57.1. The highest BCUT2D eigenvalue weighted by Crippen LogP contribution is 2.55. The number of anilines is 6. The van der Waals surface area contributed by atoms with E-state index < -0.39 is 0 Å². The van der Waals surface area contributed by atoms with Gasteiger partial charge in [0.15, 0.2) is 0 Å². The first-order valence-corrected chi connectivity index (χ1v) is 33.9. The van der Waals surface area contributed by atoms with Crippen molar-refractivity contribution >= 4 is 58.4 Å². The van der Waals surface area contributed by atoms with Gasteiger partial charge >= 0.3 is 0 Å². The summed E-state index contributed by atoms with van der Waals surface area (Å²) in [4.78, 5) is 4.86. The van der Waals surface area contributed by atoms with Gasteiger partial charge < -0.3 is 9.80 Å². The summed E-state index contributed by atoms with van der Waals surface area (Å²) in [5.74, 6) is 0. The molecule has 2 nitrogen and oxygen atoms in total. The molecule has 0 atom stereocenters. The first kappa shape index (κ1) is 60.9. The van der Waals surface area contributed by atoms with Gasteiger partial charge in [-0.15, -0.1) is 0 Å². The van der Waals surface area contributed by atoms with E-state index in [2.05, 4.69) is 384 Å². The minimum absolute atomic E-state index is 0.0576. The van der Waals surface area contributed by atoms with Crippen LogP contribution in [0.5, 0.6) is 0 Å². The highest BCUT2D eigenvalue weighted by molar-refractivity contribution is 5.91. The molecule has 3 aliphatic rings. The third kappa shape index (κ3) is 11.0. The molecule has 0 unspecified atom stereocenters. The lowest BCUT2D eigenvalue weighted by atomic mass is 9.81. The van der Waals surface area contributed by atoms with Crippen LogP contribution >= 0.6 is 0 Å². The van der Waals surface area contributed by atoms with Crippen LogP contribution in [0.15, 0.2) is 267 Å². The van der Waals surface area contributed by atoms with Gasteiger partial charge in [-0.05, 0) is 206 Å². The molecule has 0 N–H and O–H groups in total. The summed E-state index contributed by atoms with van der Waals surface area (Å²) in [6.45, 7) is 28.0. The molecule has 0 heterocycles. The number of nitrogens with zero attached hydrogens (tertiary/aromatic N) is 2. The molecule has 0 saturated carbocycles.